The number of nitrogens with zero attached hydrogens (tertiary/aromatic N) is 2. The third kappa shape index (κ3) is 2.35. The molecule has 0 fully saturated rings. The smallest absolute Gasteiger partial charge is 0.258 e. The van der Waals surface area contributed by atoms with Crippen molar-refractivity contribution < 1.29 is 4.79 Å². The Morgan fingerprint density at radius 2 is 2.19 bits per heavy atom. The molecule has 4 heteroatoms. The number of nitrogens with one attached hydrogen (secondary N) is 1. The first-order valence-corrected chi connectivity index (χ1v) is 7.32. The Labute approximate surface area is 125 Å². The second-order valence-corrected chi connectivity index (χ2v) is 6.61. The number of benzene rings is 1. The molecule has 4 nitrogen and oxygen atoms in total. The lowest BCUT2D eigenvalue weighted by Crippen LogP contribution is -2.14. The van der Waals surface area contributed by atoms with Gasteiger partial charge in [0.05, 0.1) is 11.8 Å². The minimum atomic E-state index is -0.103. The highest BCUT2D eigenvalue weighted by Crippen LogP contribution is 2.48. The van der Waals surface area contributed by atoms with Gasteiger partial charge in [-0.15, -0.1) is 0 Å². The van der Waals surface area contributed by atoms with Crippen molar-refractivity contribution in [3.8, 4) is 0 Å². The Morgan fingerprint density at radius 3 is 2.86 bits per heavy atom. The lowest BCUT2D eigenvalue weighted by Gasteiger charge is -2.19. The zero-order valence-corrected chi connectivity index (χ0v) is 13.0. The Balaban J connectivity index is 1.94. The third-order valence-corrected chi connectivity index (χ3v) is 4.36. The van der Waals surface area contributed by atoms with Gasteiger partial charge in [-0.25, -0.2) is 0 Å². The van der Waals surface area contributed by atoms with Gasteiger partial charge in [0, 0.05) is 18.9 Å². The van der Waals surface area contributed by atoms with Crippen molar-refractivity contribution in [2.75, 3.05) is 5.32 Å². The number of aromatic nitrogens is 2. The van der Waals surface area contributed by atoms with Crippen LogP contribution < -0.4 is 5.32 Å². The Kier molecular flexibility index (Phi) is 3.12. The Morgan fingerprint density at radius 1 is 1.43 bits per heavy atom. The van der Waals surface area contributed by atoms with Crippen molar-refractivity contribution in [3.05, 3.63) is 47.3 Å². The molecule has 1 heterocycles. The van der Waals surface area contributed by atoms with Crippen LogP contribution in [0.3, 0.4) is 0 Å². The van der Waals surface area contributed by atoms with E-state index >= 15 is 0 Å². The van der Waals surface area contributed by atoms with Gasteiger partial charge in [0.2, 0.25) is 0 Å². The van der Waals surface area contributed by atoms with Crippen LogP contribution in [0.1, 0.15) is 54.6 Å². The number of anilines is 1. The summed E-state index contributed by atoms with van der Waals surface area (Å²) in [6, 6.07) is 6.20. The monoisotopic (exact) mass is 283 g/mol. The first-order valence-electron chi connectivity index (χ1n) is 7.32. The molecule has 0 saturated heterocycles. The molecule has 0 saturated carbocycles. The highest BCUT2D eigenvalue weighted by molar-refractivity contribution is 6.04. The lowest BCUT2D eigenvalue weighted by atomic mass is 9.86. The van der Waals surface area contributed by atoms with Gasteiger partial charge in [0.1, 0.15) is 0 Å². The fraction of sp³-hybridized carbons (Fsp3) is 0.412. The van der Waals surface area contributed by atoms with Gasteiger partial charge in [-0.1, -0.05) is 32.9 Å². The van der Waals surface area contributed by atoms with Gasteiger partial charge < -0.3 is 5.32 Å². The molecule has 0 spiro atoms. The zero-order valence-electron chi connectivity index (χ0n) is 13.0. The molecule has 2 aromatic rings. The van der Waals surface area contributed by atoms with Crippen LogP contribution in [0.15, 0.2) is 30.6 Å². The molecule has 1 amide bonds. The normalized spacial score (nSPS) is 19.3. The molecule has 1 N–H and O–H groups in total. The molecule has 1 atom stereocenters. The standard InChI is InChI=1S/C17H21N3O/c1-11-8-17(2,3)13-6-5-7-14(15(11)13)19-16(21)12-9-18-20(4)10-12/h5-7,9-11H,8H2,1-4H3,(H,19,21). The average molecular weight is 283 g/mol. The Hall–Kier alpha value is -2.10. The summed E-state index contributed by atoms with van der Waals surface area (Å²) in [5.41, 5.74) is 4.31. The summed E-state index contributed by atoms with van der Waals surface area (Å²) >= 11 is 0. The largest absolute Gasteiger partial charge is 0.322 e. The summed E-state index contributed by atoms with van der Waals surface area (Å²) in [5, 5.41) is 7.09. The number of hydrogen-bond donors (Lipinski definition) is 1. The fourth-order valence-corrected chi connectivity index (χ4v) is 3.51. The van der Waals surface area contributed by atoms with E-state index in [0.29, 0.717) is 11.5 Å². The van der Waals surface area contributed by atoms with E-state index in [9.17, 15) is 4.79 Å². The summed E-state index contributed by atoms with van der Waals surface area (Å²) in [5.74, 6) is 0.355. The molecule has 110 valence electrons. The SMILES string of the molecule is CC1CC(C)(C)c2cccc(NC(=O)c3cnn(C)c3)c21. The van der Waals surface area contributed by atoms with Crippen LogP contribution in [0.5, 0.6) is 0 Å². The van der Waals surface area contributed by atoms with E-state index in [1.54, 1.807) is 17.1 Å². The van der Waals surface area contributed by atoms with Gasteiger partial charge in [-0.3, -0.25) is 9.48 Å². The molecule has 0 radical (unpaired) electrons. The maximum Gasteiger partial charge on any atom is 0.258 e. The van der Waals surface area contributed by atoms with Gasteiger partial charge in [-0.2, -0.15) is 5.10 Å². The van der Waals surface area contributed by atoms with E-state index in [2.05, 4.69) is 37.3 Å². The number of rotatable bonds is 2. The quantitative estimate of drug-likeness (QED) is 0.917. The maximum absolute atomic E-state index is 12.3. The van der Waals surface area contributed by atoms with E-state index in [4.69, 9.17) is 0 Å². The van der Waals surface area contributed by atoms with Crippen molar-refractivity contribution in [2.24, 2.45) is 7.05 Å². The first kappa shape index (κ1) is 13.9. The number of carbonyl (C=O) groups excluding carboxylic acids is 1. The number of hydrogen-bond acceptors (Lipinski definition) is 2. The van der Waals surface area contributed by atoms with E-state index < -0.39 is 0 Å². The van der Waals surface area contributed by atoms with Gasteiger partial charge in [-0.05, 0) is 34.9 Å². The maximum atomic E-state index is 12.3. The predicted octanol–water partition coefficient (Wildman–Crippen LogP) is 3.46. The lowest BCUT2D eigenvalue weighted by molar-refractivity contribution is 0.102. The van der Waals surface area contributed by atoms with E-state index in [-0.39, 0.29) is 11.3 Å². The summed E-state index contributed by atoms with van der Waals surface area (Å²) < 4.78 is 1.63. The second kappa shape index (κ2) is 4.72. The van der Waals surface area contributed by atoms with Crippen molar-refractivity contribution in [3.63, 3.8) is 0 Å². The molecule has 1 aliphatic carbocycles. The number of amides is 1. The van der Waals surface area contributed by atoms with Crippen molar-refractivity contribution in [1.82, 2.24) is 9.78 Å². The summed E-state index contributed by atoms with van der Waals surface area (Å²) in [6.07, 6.45) is 4.43. The first-order chi connectivity index (χ1) is 9.88. The van der Waals surface area contributed by atoms with E-state index in [0.717, 1.165) is 12.1 Å². The number of carbonyl (C=O) groups is 1. The summed E-state index contributed by atoms with van der Waals surface area (Å²) in [7, 11) is 1.81. The van der Waals surface area contributed by atoms with Crippen molar-refractivity contribution in [1.29, 1.82) is 0 Å². The van der Waals surface area contributed by atoms with Crippen LogP contribution in [0.25, 0.3) is 0 Å². The summed E-state index contributed by atoms with van der Waals surface area (Å²) in [6.45, 7) is 6.76. The van der Waals surface area contributed by atoms with Gasteiger partial charge >= 0.3 is 0 Å². The van der Waals surface area contributed by atoms with Crippen LogP contribution in [-0.2, 0) is 12.5 Å². The topological polar surface area (TPSA) is 46.9 Å². The predicted molar refractivity (Wildman–Crippen MR) is 83.7 cm³/mol. The average Bonchev–Trinajstić information content (AvgIpc) is 2.93. The molecule has 1 aliphatic rings. The molecule has 3 rings (SSSR count). The van der Waals surface area contributed by atoms with Gasteiger partial charge in [0.15, 0.2) is 0 Å². The van der Waals surface area contributed by atoms with Crippen LogP contribution >= 0.6 is 0 Å². The highest BCUT2D eigenvalue weighted by atomic mass is 16.1. The van der Waals surface area contributed by atoms with Crippen LogP contribution in [0.2, 0.25) is 0 Å². The second-order valence-electron chi connectivity index (χ2n) is 6.61. The third-order valence-electron chi connectivity index (χ3n) is 4.36. The van der Waals surface area contributed by atoms with E-state index in [1.807, 2.05) is 19.2 Å². The molecular weight excluding hydrogens is 262 g/mol. The minimum Gasteiger partial charge on any atom is -0.322 e. The van der Waals surface area contributed by atoms with Crippen LogP contribution in [0.4, 0.5) is 5.69 Å². The molecule has 21 heavy (non-hydrogen) atoms. The van der Waals surface area contributed by atoms with Crippen LogP contribution in [0, 0.1) is 0 Å². The van der Waals surface area contributed by atoms with Gasteiger partial charge in [0.25, 0.3) is 5.91 Å². The molecule has 1 aromatic carbocycles. The van der Waals surface area contributed by atoms with Crippen molar-refractivity contribution >= 4 is 11.6 Å². The molecule has 1 unspecified atom stereocenters. The molecule has 0 bridgehead atoms. The minimum absolute atomic E-state index is 0.103. The highest BCUT2D eigenvalue weighted by Gasteiger charge is 2.36. The zero-order chi connectivity index (χ0) is 15.2. The molecule has 1 aromatic heterocycles. The van der Waals surface area contributed by atoms with E-state index in [1.165, 1.54) is 11.1 Å². The Bertz CT molecular complexity index is 700. The molecular formula is C17H21N3O. The van der Waals surface area contributed by atoms with Crippen molar-refractivity contribution in [2.45, 2.75) is 38.5 Å². The number of aryl methyl sites for hydroxylation is 1. The fourth-order valence-electron chi connectivity index (χ4n) is 3.51. The number of fused-ring (bicyclic) bond motifs is 1. The van der Waals surface area contributed by atoms with Crippen LogP contribution in [-0.4, -0.2) is 15.7 Å². The molecule has 0 aliphatic heterocycles. The summed E-state index contributed by atoms with van der Waals surface area (Å²) in [4.78, 5) is 12.3.